The van der Waals surface area contributed by atoms with Gasteiger partial charge in [-0.05, 0) is 84.5 Å². The van der Waals surface area contributed by atoms with Crippen LogP contribution >= 0.6 is 0 Å². The molecule has 2 fully saturated rings. The number of nitrogens with one attached hydrogen (secondary N) is 1. The molecule has 8 nitrogen and oxygen atoms in total. The standard InChI is InChI=1S/C28H41N5O3/c1-20-9-8-10-21(2)24(20)33-25(22-11-16-32(17-12-22)27(35)36-28(3,4)5)23(19-30-33)26(34)29-13-18-31-14-6-7-15-31/h8-10,19,22H,6-7,11-18H2,1-5H3,(H,29,34). The molecule has 0 aliphatic carbocycles. The second-order valence-electron chi connectivity index (χ2n) is 11.1. The smallest absolute Gasteiger partial charge is 0.410 e. The van der Waals surface area contributed by atoms with Crippen LogP contribution < -0.4 is 5.32 Å². The van der Waals surface area contributed by atoms with Crippen LogP contribution in [0.1, 0.15) is 79.6 Å². The molecular weight excluding hydrogens is 454 g/mol. The van der Waals surface area contributed by atoms with E-state index >= 15 is 0 Å². The lowest BCUT2D eigenvalue weighted by atomic mass is 9.90. The molecule has 36 heavy (non-hydrogen) atoms. The average molecular weight is 496 g/mol. The van der Waals surface area contributed by atoms with Crippen molar-refractivity contribution in [3.8, 4) is 5.69 Å². The molecule has 2 saturated heterocycles. The highest BCUT2D eigenvalue weighted by Gasteiger charge is 2.32. The Morgan fingerprint density at radius 3 is 2.31 bits per heavy atom. The molecule has 0 bridgehead atoms. The first-order valence-corrected chi connectivity index (χ1v) is 13.3. The molecule has 3 heterocycles. The molecule has 0 saturated carbocycles. The van der Waals surface area contributed by atoms with Crippen LogP contribution in [0.15, 0.2) is 24.4 Å². The summed E-state index contributed by atoms with van der Waals surface area (Å²) in [5.41, 5.74) is 4.32. The molecule has 1 aromatic carbocycles. The average Bonchev–Trinajstić information content (AvgIpc) is 3.48. The first-order chi connectivity index (χ1) is 17.1. The van der Waals surface area contributed by atoms with Gasteiger partial charge in [-0.2, -0.15) is 5.10 Å². The number of hydrogen-bond acceptors (Lipinski definition) is 5. The Bertz CT molecular complexity index is 1050. The summed E-state index contributed by atoms with van der Waals surface area (Å²) in [5, 5.41) is 7.87. The number of aromatic nitrogens is 2. The van der Waals surface area contributed by atoms with Gasteiger partial charge in [-0.15, -0.1) is 0 Å². The zero-order valence-electron chi connectivity index (χ0n) is 22.5. The maximum absolute atomic E-state index is 13.4. The summed E-state index contributed by atoms with van der Waals surface area (Å²) >= 11 is 0. The van der Waals surface area contributed by atoms with Crippen molar-refractivity contribution >= 4 is 12.0 Å². The third-order valence-corrected chi connectivity index (χ3v) is 7.15. The molecule has 1 aromatic heterocycles. The first-order valence-electron chi connectivity index (χ1n) is 13.3. The number of benzene rings is 1. The Hall–Kier alpha value is -2.87. The van der Waals surface area contributed by atoms with Gasteiger partial charge in [-0.25, -0.2) is 9.48 Å². The van der Waals surface area contributed by atoms with Crippen LogP contribution in [0.3, 0.4) is 0 Å². The molecule has 0 spiro atoms. The zero-order valence-corrected chi connectivity index (χ0v) is 22.5. The SMILES string of the molecule is Cc1cccc(C)c1-n1ncc(C(=O)NCCN2CCCC2)c1C1CCN(C(=O)OC(C)(C)C)CC1. The van der Waals surface area contributed by atoms with Crippen LogP contribution in [0, 0.1) is 13.8 Å². The Kier molecular flexibility index (Phi) is 8.03. The molecule has 2 amide bonds. The van der Waals surface area contributed by atoms with Gasteiger partial charge in [0.1, 0.15) is 5.60 Å². The highest BCUT2D eigenvalue weighted by atomic mass is 16.6. The van der Waals surface area contributed by atoms with E-state index in [9.17, 15) is 9.59 Å². The molecule has 8 heteroatoms. The second kappa shape index (κ2) is 11.0. The minimum atomic E-state index is -0.519. The van der Waals surface area contributed by atoms with Gasteiger partial charge in [0, 0.05) is 32.1 Å². The monoisotopic (exact) mass is 495 g/mol. The van der Waals surface area contributed by atoms with Gasteiger partial charge in [-0.1, -0.05) is 18.2 Å². The van der Waals surface area contributed by atoms with Crippen molar-refractivity contribution < 1.29 is 14.3 Å². The molecule has 0 radical (unpaired) electrons. The van der Waals surface area contributed by atoms with Gasteiger partial charge in [0.05, 0.1) is 23.1 Å². The van der Waals surface area contributed by atoms with E-state index in [1.54, 1.807) is 11.1 Å². The Labute approximate surface area is 215 Å². The van der Waals surface area contributed by atoms with E-state index in [0.717, 1.165) is 55.0 Å². The first kappa shape index (κ1) is 26.2. The fraction of sp³-hybridized carbons (Fsp3) is 0.607. The van der Waals surface area contributed by atoms with Crippen molar-refractivity contribution in [1.29, 1.82) is 0 Å². The van der Waals surface area contributed by atoms with Crippen LogP contribution in [-0.2, 0) is 4.74 Å². The summed E-state index contributed by atoms with van der Waals surface area (Å²) in [6.07, 6.45) is 5.43. The highest BCUT2D eigenvalue weighted by Crippen LogP contribution is 2.34. The summed E-state index contributed by atoms with van der Waals surface area (Å²) < 4.78 is 7.54. The normalized spacial score (nSPS) is 17.4. The van der Waals surface area contributed by atoms with Gasteiger partial charge < -0.3 is 19.9 Å². The minimum absolute atomic E-state index is 0.0729. The molecule has 2 aliphatic heterocycles. The van der Waals surface area contributed by atoms with Crippen molar-refractivity contribution in [2.24, 2.45) is 0 Å². The van der Waals surface area contributed by atoms with E-state index < -0.39 is 5.60 Å². The van der Waals surface area contributed by atoms with Gasteiger partial charge in [0.2, 0.25) is 0 Å². The van der Waals surface area contributed by atoms with Crippen molar-refractivity contribution in [3.63, 3.8) is 0 Å². The number of carbonyl (C=O) groups excluding carboxylic acids is 2. The zero-order chi connectivity index (χ0) is 25.9. The third kappa shape index (κ3) is 6.09. The number of aryl methyl sites for hydroxylation is 2. The van der Waals surface area contributed by atoms with Gasteiger partial charge in [0.25, 0.3) is 5.91 Å². The van der Waals surface area contributed by atoms with Crippen molar-refractivity contribution in [3.05, 3.63) is 46.8 Å². The molecular formula is C28H41N5O3. The quantitative estimate of drug-likeness (QED) is 0.641. The number of ether oxygens (including phenoxy) is 1. The summed E-state index contributed by atoms with van der Waals surface area (Å²) in [4.78, 5) is 30.1. The molecule has 0 atom stereocenters. The lowest BCUT2D eigenvalue weighted by molar-refractivity contribution is 0.0203. The second-order valence-corrected chi connectivity index (χ2v) is 11.1. The van der Waals surface area contributed by atoms with Crippen LogP contribution in [0.5, 0.6) is 0 Å². The summed E-state index contributed by atoms with van der Waals surface area (Å²) in [7, 11) is 0. The Balaban J connectivity index is 1.56. The third-order valence-electron chi connectivity index (χ3n) is 7.15. The lowest BCUT2D eigenvalue weighted by Gasteiger charge is -2.34. The topological polar surface area (TPSA) is 79.7 Å². The molecule has 1 N–H and O–H groups in total. The van der Waals surface area contributed by atoms with E-state index in [-0.39, 0.29) is 17.9 Å². The summed E-state index contributed by atoms with van der Waals surface area (Å²) in [5.74, 6) is 0.0424. The van der Waals surface area contributed by atoms with E-state index in [2.05, 4.69) is 36.2 Å². The largest absolute Gasteiger partial charge is 0.444 e. The molecule has 4 rings (SSSR count). The molecule has 2 aliphatic rings. The number of likely N-dealkylation sites (tertiary alicyclic amines) is 2. The van der Waals surface area contributed by atoms with Gasteiger partial charge in [-0.3, -0.25) is 4.79 Å². The van der Waals surface area contributed by atoms with Gasteiger partial charge in [0.15, 0.2) is 0 Å². The van der Waals surface area contributed by atoms with E-state index in [4.69, 9.17) is 9.84 Å². The number of carbonyl (C=O) groups is 2. The predicted molar refractivity (Wildman–Crippen MR) is 141 cm³/mol. The fourth-order valence-corrected chi connectivity index (χ4v) is 5.33. The Morgan fingerprint density at radius 2 is 1.69 bits per heavy atom. The van der Waals surface area contributed by atoms with Crippen LogP contribution in [0.4, 0.5) is 4.79 Å². The molecule has 0 unspecified atom stereocenters. The Morgan fingerprint density at radius 1 is 1.06 bits per heavy atom. The fourth-order valence-electron chi connectivity index (χ4n) is 5.33. The molecule has 196 valence electrons. The van der Waals surface area contributed by atoms with Crippen molar-refractivity contribution in [2.45, 2.75) is 71.8 Å². The molecule has 2 aromatic rings. The van der Waals surface area contributed by atoms with Crippen LogP contribution in [0.2, 0.25) is 0 Å². The minimum Gasteiger partial charge on any atom is -0.444 e. The number of nitrogens with zero attached hydrogens (tertiary/aromatic N) is 4. The van der Waals surface area contributed by atoms with Crippen LogP contribution in [-0.4, -0.2) is 76.5 Å². The van der Waals surface area contributed by atoms with Crippen LogP contribution in [0.25, 0.3) is 5.69 Å². The number of hydrogen-bond donors (Lipinski definition) is 1. The van der Waals surface area contributed by atoms with E-state index in [1.165, 1.54) is 12.8 Å². The predicted octanol–water partition coefficient (Wildman–Crippen LogP) is 4.43. The van der Waals surface area contributed by atoms with Crippen molar-refractivity contribution in [1.82, 2.24) is 24.9 Å². The lowest BCUT2D eigenvalue weighted by Crippen LogP contribution is -2.41. The maximum Gasteiger partial charge on any atom is 0.410 e. The highest BCUT2D eigenvalue weighted by molar-refractivity contribution is 5.95. The number of para-hydroxylation sites is 1. The number of amides is 2. The van der Waals surface area contributed by atoms with Crippen molar-refractivity contribution in [2.75, 3.05) is 39.3 Å². The number of piperidine rings is 1. The maximum atomic E-state index is 13.4. The van der Waals surface area contributed by atoms with E-state index in [0.29, 0.717) is 25.2 Å². The van der Waals surface area contributed by atoms with Gasteiger partial charge >= 0.3 is 6.09 Å². The number of rotatable bonds is 6. The summed E-state index contributed by atoms with van der Waals surface area (Å²) in [6, 6.07) is 6.20. The summed E-state index contributed by atoms with van der Waals surface area (Å²) in [6.45, 7) is 14.7. The van der Waals surface area contributed by atoms with E-state index in [1.807, 2.05) is 31.5 Å².